The summed E-state index contributed by atoms with van der Waals surface area (Å²) in [6.07, 6.45) is -4.41. The van der Waals surface area contributed by atoms with Gasteiger partial charge in [-0.25, -0.2) is 4.85 Å². The number of morpholine rings is 1. The van der Waals surface area contributed by atoms with E-state index < -0.39 is 11.7 Å². The van der Waals surface area contributed by atoms with Crippen LogP contribution in [0, 0.1) is 6.57 Å². The van der Waals surface area contributed by atoms with Crippen molar-refractivity contribution in [2.75, 3.05) is 31.2 Å². The molecular weight excluding hydrogens is 245 g/mol. The standard InChI is InChI=1S/C12H11F3N2O/c1-16-10-8-9(12(13,14)15)2-3-11(10)17-4-6-18-7-5-17/h2-3,8H,4-7H2. The van der Waals surface area contributed by atoms with Crippen LogP contribution in [0.25, 0.3) is 4.85 Å². The summed E-state index contributed by atoms with van der Waals surface area (Å²) in [6, 6.07) is 3.28. The minimum Gasteiger partial charge on any atom is -0.378 e. The Labute approximate surface area is 103 Å². The zero-order valence-electron chi connectivity index (χ0n) is 9.50. The van der Waals surface area contributed by atoms with Gasteiger partial charge in [0.25, 0.3) is 0 Å². The highest BCUT2D eigenvalue weighted by Crippen LogP contribution is 2.37. The van der Waals surface area contributed by atoms with Crippen molar-refractivity contribution in [2.45, 2.75) is 6.18 Å². The van der Waals surface area contributed by atoms with Gasteiger partial charge in [-0.05, 0) is 12.1 Å². The quantitative estimate of drug-likeness (QED) is 0.718. The van der Waals surface area contributed by atoms with Crippen LogP contribution in [0.4, 0.5) is 24.5 Å². The maximum absolute atomic E-state index is 12.5. The number of alkyl halides is 3. The molecule has 0 unspecified atom stereocenters. The largest absolute Gasteiger partial charge is 0.415 e. The first-order chi connectivity index (χ1) is 8.52. The van der Waals surface area contributed by atoms with Crippen LogP contribution in [0.1, 0.15) is 5.56 Å². The number of hydrogen-bond donors (Lipinski definition) is 0. The lowest BCUT2D eigenvalue weighted by Crippen LogP contribution is -2.36. The predicted molar refractivity (Wildman–Crippen MR) is 60.7 cm³/mol. The van der Waals surface area contributed by atoms with E-state index in [0.717, 1.165) is 12.1 Å². The molecule has 1 fully saturated rings. The van der Waals surface area contributed by atoms with Gasteiger partial charge >= 0.3 is 6.18 Å². The molecule has 1 aromatic rings. The first kappa shape index (κ1) is 12.7. The molecule has 6 heteroatoms. The van der Waals surface area contributed by atoms with Gasteiger partial charge in [-0.2, -0.15) is 13.2 Å². The van der Waals surface area contributed by atoms with Crippen LogP contribution >= 0.6 is 0 Å². The first-order valence-electron chi connectivity index (χ1n) is 5.44. The van der Waals surface area contributed by atoms with Crippen molar-refractivity contribution in [3.63, 3.8) is 0 Å². The molecule has 0 aromatic heterocycles. The molecule has 2 rings (SSSR count). The van der Waals surface area contributed by atoms with Gasteiger partial charge in [0.1, 0.15) is 0 Å². The molecule has 18 heavy (non-hydrogen) atoms. The van der Waals surface area contributed by atoms with Crippen LogP contribution in [-0.4, -0.2) is 26.3 Å². The maximum Gasteiger partial charge on any atom is 0.415 e. The van der Waals surface area contributed by atoms with Crippen molar-refractivity contribution in [3.05, 3.63) is 35.2 Å². The molecule has 0 aliphatic carbocycles. The van der Waals surface area contributed by atoms with E-state index in [0.29, 0.717) is 32.0 Å². The summed E-state index contributed by atoms with van der Waals surface area (Å²) in [5.74, 6) is 0. The molecule has 0 spiro atoms. The third kappa shape index (κ3) is 2.57. The lowest BCUT2D eigenvalue weighted by Gasteiger charge is -2.30. The Morgan fingerprint density at radius 1 is 1.22 bits per heavy atom. The highest BCUT2D eigenvalue weighted by atomic mass is 19.4. The lowest BCUT2D eigenvalue weighted by molar-refractivity contribution is -0.137. The Bertz CT molecular complexity index is 473. The summed E-state index contributed by atoms with van der Waals surface area (Å²) < 4.78 is 42.8. The molecule has 0 atom stereocenters. The Morgan fingerprint density at radius 3 is 2.44 bits per heavy atom. The van der Waals surface area contributed by atoms with E-state index in [2.05, 4.69) is 4.85 Å². The number of nitrogens with zero attached hydrogens (tertiary/aromatic N) is 2. The number of rotatable bonds is 1. The molecule has 0 amide bonds. The predicted octanol–water partition coefficient (Wildman–Crippen LogP) is 3.09. The first-order valence-corrected chi connectivity index (χ1v) is 5.44. The summed E-state index contributed by atoms with van der Waals surface area (Å²) in [5.41, 5.74) is -0.210. The van der Waals surface area contributed by atoms with Gasteiger partial charge in [0.15, 0.2) is 0 Å². The third-order valence-electron chi connectivity index (χ3n) is 2.77. The number of benzene rings is 1. The van der Waals surface area contributed by atoms with Gasteiger partial charge in [0, 0.05) is 24.3 Å². The normalized spacial score (nSPS) is 16.4. The zero-order chi connectivity index (χ0) is 13.2. The van der Waals surface area contributed by atoms with Crippen LogP contribution in [0.15, 0.2) is 18.2 Å². The molecule has 0 radical (unpaired) electrons. The molecule has 0 bridgehead atoms. The second kappa shape index (κ2) is 4.86. The van der Waals surface area contributed by atoms with Crippen molar-refractivity contribution in [1.29, 1.82) is 0 Å². The minimum absolute atomic E-state index is 0.0340. The van der Waals surface area contributed by atoms with Gasteiger partial charge in [-0.3, -0.25) is 0 Å². The van der Waals surface area contributed by atoms with E-state index in [1.807, 2.05) is 4.90 Å². The van der Waals surface area contributed by atoms with Gasteiger partial charge in [-0.15, -0.1) is 0 Å². The second-order valence-corrected chi connectivity index (χ2v) is 3.91. The van der Waals surface area contributed by atoms with Crippen molar-refractivity contribution in [3.8, 4) is 0 Å². The molecule has 1 heterocycles. The highest BCUT2D eigenvalue weighted by Gasteiger charge is 2.31. The lowest BCUT2D eigenvalue weighted by atomic mass is 10.1. The van der Waals surface area contributed by atoms with Crippen LogP contribution in [0.5, 0.6) is 0 Å². The molecule has 0 N–H and O–H groups in total. The number of anilines is 1. The van der Waals surface area contributed by atoms with Gasteiger partial charge in [-0.1, -0.05) is 6.07 Å². The van der Waals surface area contributed by atoms with Gasteiger partial charge < -0.3 is 9.64 Å². The molecule has 1 aliphatic heterocycles. The Morgan fingerprint density at radius 2 is 1.89 bits per heavy atom. The van der Waals surface area contributed by atoms with Crippen molar-refractivity contribution < 1.29 is 17.9 Å². The molecule has 1 aliphatic rings. The van der Waals surface area contributed by atoms with Crippen LogP contribution < -0.4 is 4.90 Å². The SMILES string of the molecule is [C-]#[N+]c1cc(C(F)(F)F)ccc1N1CCOCC1. The van der Waals surface area contributed by atoms with E-state index in [1.54, 1.807) is 0 Å². The van der Waals surface area contributed by atoms with E-state index >= 15 is 0 Å². The molecule has 1 aromatic carbocycles. The fourth-order valence-electron chi connectivity index (χ4n) is 1.86. The fourth-order valence-corrected chi connectivity index (χ4v) is 1.86. The summed E-state index contributed by atoms with van der Waals surface area (Å²) in [6.45, 7) is 9.24. The summed E-state index contributed by atoms with van der Waals surface area (Å²) in [4.78, 5) is 5.06. The monoisotopic (exact) mass is 256 g/mol. The highest BCUT2D eigenvalue weighted by molar-refractivity contribution is 5.72. The summed E-state index contributed by atoms with van der Waals surface area (Å²) in [7, 11) is 0. The molecule has 3 nitrogen and oxygen atoms in total. The van der Waals surface area contributed by atoms with E-state index in [4.69, 9.17) is 11.3 Å². The van der Waals surface area contributed by atoms with Gasteiger partial charge in [0.2, 0.25) is 5.69 Å². The maximum atomic E-state index is 12.5. The minimum atomic E-state index is -4.41. The molecule has 0 saturated carbocycles. The van der Waals surface area contributed by atoms with E-state index in [-0.39, 0.29) is 5.69 Å². The summed E-state index contributed by atoms with van der Waals surface area (Å²) >= 11 is 0. The Kier molecular flexibility index (Phi) is 3.43. The average Bonchev–Trinajstić information content (AvgIpc) is 2.38. The van der Waals surface area contributed by atoms with E-state index in [1.165, 1.54) is 6.07 Å². The number of halogens is 3. The van der Waals surface area contributed by atoms with Crippen LogP contribution in [-0.2, 0) is 10.9 Å². The summed E-state index contributed by atoms with van der Waals surface area (Å²) in [5, 5.41) is 0. The van der Waals surface area contributed by atoms with E-state index in [9.17, 15) is 13.2 Å². The number of hydrogen-bond acceptors (Lipinski definition) is 2. The fraction of sp³-hybridized carbons (Fsp3) is 0.417. The van der Waals surface area contributed by atoms with Crippen LogP contribution in [0.3, 0.4) is 0 Å². The second-order valence-electron chi connectivity index (χ2n) is 3.91. The molecule has 1 saturated heterocycles. The Hall–Kier alpha value is -1.74. The smallest absolute Gasteiger partial charge is 0.378 e. The third-order valence-corrected chi connectivity index (χ3v) is 2.77. The van der Waals surface area contributed by atoms with Gasteiger partial charge in [0.05, 0.1) is 19.8 Å². The molecular formula is C12H11F3N2O. The Balaban J connectivity index is 2.34. The van der Waals surface area contributed by atoms with Crippen LogP contribution in [0.2, 0.25) is 0 Å². The van der Waals surface area contributed by atoms with Crippen molar-refractivity contribution >= 4 is 11.4 Å². The van der Waals surface area contributed by atoms with Crippen molar-refractivity contribution in [1.82, 2.24) is 0 Å². The topological polar surface area (TPSA) is 16.8 Å². The average molecular weight is 256 g/mol. The van der Waals surface area contributed by atoms with Crippen molar-refractivity contribution in [2.24, 2.45) is 0 Å². The number of ether oxygens (including phenoxy) is 1. The molecule has 96 valence electrons. The zero-order valence-corrected chi connectivity index (χ0v) is 9.50.